The average molecular weight is 437 g/mol. The summed E-state index contributed by atoms with van der Waals surface area (Å²) in [7, 11) is 3.84. The Bertz CT molecular complexity index is 1120. The summed E-state index contributed by atoms with van der Waals surface area (Å²) in [5, 5.41) is 8.13. The van der Waals surface area contributed by atoms with E-state index >= 15 is 0 Å². The van der Waals surface area contributed by atoms with Gasteiger partial charge in [0.1, 0.15) is 0 Å². The minimum atomic E-state index is -0.117. The lowest BCUT2D eigenvalue weighted by Crippen LogP contribution is -2.32. The molecule has 2 aromatic heterocycles. The van der Waals surface area contributed by atoms with Crippen molar-refractivity contribution in [1.82, 2.24) is 25.1 Å². The van der Waals surface area contributed by atoms with Crippen molar-refractivity contribution >= 4 is 23.5 Å². The molecule has 0 spiro atoms. The highest BCUT2D eigenvalue weighted by Gasteiger charge is 2.36. The van der Waals surface area contributed by atoms with Gasteiger partial charge in [0, 0.05) is 48.7 Å². The van der Waals surface area contributed by atoms with Crippen LogP contribution in [-0.2, 0) is 12.8 Å². The second kappa shape index (κ2) is 7.96. The van der Waals surface area contributed by atoms with Crippen molar-refractivity contribution in [2.24, 2.45) is 0 Å². The second-order valence-electron chi connectivity index (χ2n) is 8.41. The maximum absolute atomic E-state index is 13.5. The lowest BCUT2D eigenvalue weighted by atomic mass is 9.99. The molecule has 1 saturated heterocycles. The first-order valence-corrected chi connectivity index (χ1v) is 11.1. The number of carbonyl (C=O) groups excluding carboxylic acids is 1. The predicted octanol–water partition coefficient (Wildman–Crippen LogP) is 4.05. The Hall–Kier alpha value is -2.93. The van der Waals surface area contributed by atoms with Gasteiger partial charge in [0.05, 0.1) is 11.7 Å². The van der Waals surface area contributed by atoms with E-state index in [9.17, 15) is 4.79 Å². The SMILES string of the molecule is CN(C)c1ncc(-c2ccc(Cl)cc2)c(C2CCCN2C(=O)c2n[nH]c3c2CCC3)n1. The van der Waals surface area contributed by atoms with Gasteiger partial charge in [0.25, 0.3) is 5.91 Å². The van der Waals surface area contributed by atoms with E-state index in [1.807, 2.05) is 54.4 Å². The summed E-state index contributed by atoms with van der Waals surface area (Å²) in [6.07, 6.45) is 6.62. The molecule has 3 aromatic rings. The smallest absolute Gasteiger partial charge is 0.275 e. The van der Waals surface area contributed by atoms with Crippen molar-refractivity contribution in [1.29, 1.82) is 0 Å². The third-order valence-electron chi connectivity index (χ3n) is 6.20. The normalized spacial score (nSPS) is 17.8. The summed E-state index contributed by atoms with van der Waals surface area (Å²) in [5.41, 5.74) is 5.57. The molecule has 1 unspecified atom stereocenters. The first kappa shape index (κ1) is 20.0. The molecule has 0 bridgehead atoms. The van der Waals surface area contributed by atoms with Gasteiger partial charge in [-0.2, -0.15) is 5.10 Å². The second-order valence-corrected chi connectivity index (χ2v) is 8.85. The van der Waals surface area contributed by atoms with Crippen LogP contribution < -0.4 is 4.90 Å². The Morgan fingerprint density at radius 2 is 2.00 bits per heavy atom. The highest BCUT2D eigenvalue weighted by atomic mass is 35.5. The molecule has 160 valence electrons. The Labute approximate surface area is 186 Å². The van der Waals surface area contributed by atoms with Gasteiger partial charge < -0.3 is 9.80 Å². The van der Waals surface area contributed by atoms with Gasteiger partial charge in [-0.05, 0) is 49.8 Å². The average Bonchev–Trinajstić information content (AvgIpc) is 3.50. The van der Waals surface area contributed by atoms with Gasteiger partial charge in [0.2, 0.25) is 5.95 Å². The monoisotopic (exact) mass is 436 g/mol. The van der Waals surface area contributed by atoms with Gasteiger partial charge in [-0.15, -0.1) is 0 Å². The predicted molar refractivity (Wildman–Crippen MR) is 120 cm³/mol. The molecule has 1 amide bonds. The maximum atomic E-state index is 13.5. The Kier molecular flexibility index (Phi) is 5.14. The summed E-state index contributed by atoms with van der Waals surface area (Å²) >= 11 is 6.10. The van der Waals surface area contributed by atoms with Crippen LogP contribution in [-0.4, -0.2) is 51.6 Å². The van der Waals surface area contributed by atoms with Gasteiger partial charge in [-0.1, -0.05) is 23.7 Å². The summed E-state index contributed by atoms with van der Waals surface area (Å²) in [6.45, 7) is 0.701. The molecule has 7 nitrogen and oxygen atoms in total. The Balaban J connectivity index is 1.56. The Morgan fingerprint density at radius 1 is 1.19 bits per heavy atom. The zero-order valence-electron chi connectivity index (χ0n) is 17.7. The summed E-state index contributed by atoms with van der Waals surface area (Å²) in [6, 6.07) is 7.56. The van der Waals surface area contributed by atoms with Crippen LogP contribution in [0.25, 0.3) is 11.1 Å². The van der Waals surface area contributed by atoms with Crippen molar-refractivity contribution in [2.75, 3.05) is 25.5 Å². The van der Waals surface area contributed by atoms with E-state index in [0.29, 0.717) is 23.2 Å². The number of aromatic nitrogens is 4. The number of aromatic amines is 1. The largest absolute Gasteiger partial charge is 0.347 e. The molecular formula is C23H25ClN6O. The third-order valence-corrected chi connectivity index (χ3v) is 6.45. The number of anilines is 1. The number of halogens is 1. The molecule has 0 saturated carbocycles. The van der Waals surface area contributed by atoms with Gasteiger partial charge in [0.15, 0.2) is 5.69 Å². The van der Waals surface area contributed by atoms with E-state index in [1.165, 1.54) is 0 Å². The first-order chi connectivity index (χ1) is 15.0. The lowest BCUT2D eigenvalue weighted by molar-refractivity contribution is 0.0726. The number of nitrogens with zero attached hydrogens (tertiary/aromatic N) is 5. The van der Waals surface area contributed by atoms with Gasteiger partial charge in [-0.25, -0.2) is 9.97 Å². The number of likely N-dealkylation sites (tertiary alicyclic amines) is 1. The van der Waals surface area contributed by atoms with E-state index in [2.05, 4.69) is 15.2 Å². The van der Waals surface area contributed by atoms with E-state index < -0.39 is 0 Å². The van der Waals surface area contributed by atoms with Crippen molar-refractivity contribution in [3.8, 4) is 11.1 Å². The van der Waals surface area contributed by atoms with Crippen LogP contribution in [0, 0.1) is 0 Å². The van der Waals surface area contributed by atoms with E-state index in [1.54, 1.807) is 0 Å². The summed E-state index contributed by atoms with van der Waals surface area (Å²) in [5.74, 6) is 0.627. The number of fused-ring (bicyclic) bond motifs is 1. The maximum Gasteiger partial charge on any atom is 0.275 e. The molecule has 1 N–H and O–H groups in total. The fraction of sp³-hybridized carbons (Fsp3) is 0.391. The first-order valence-electron chi connectivity index (χ1n) is 10.7. The highest BCUT2D eigenvalue weighted by molar-refractivity contribution is 6.30. The number of amides is 1. The molecule has 3 heterocycles. The zero-order chi connectivity index (χ0) is 21.5. The number of hydrogen-bond donors (Lipinski definition) is 1. The van der Waals surface area contributed by atoms with Crippen molar-refractivity contribution in [3.05, 3.63) is 58.1 Å². The fourth-order valence-corrected chi connectivity index (χ4v) is 4.76. The third kappa shape index (κ3) is 3.57. The number of hydrogen-bond acceptors (Lipinski definition) is 5. The molecule has 5 rings (SSSR count). The van der Waals surface area contributed by atoms with Gasteiger partial charge in [-0.3, -0.25) is 9.89 Å². The van der Waals surface area contributed by atoms with E-state index in [-0.39, 0.29) is 11.9 Å². The quantitative estimate of drug-likeness (QED) is 0.667. The molecule has 31 heavy (non-hydrogen) atoms. The highest BCUT2D eigenvalue weighted by Crippen LogP contribution is 2.38. The van der Waals surface area contributed by atoms with Crippen molar-refractivity contribution in [3.63, 3.8) is 0 Å². The molecule has 1 aliphatic heterocycles. The minimum Gasteiger partial charge on any atom is -0.347 e. The topological polar surface area (TPSA) is 78.0 Å². The number of aryl methyl sites for hydroxylation is 1. The zero-order valence-corrected chi connectivity index (χ0v) is 18.5. The summed E-state index contributed by atoms with van der Waals surface area (Å²) < 4.78 is 0. The molecule has 1 aromatic carbocycles. The van der Waals surface area contributed by atoms with Crippen molar-refractivity contribution < 1.29 is 4.79 Å². The van der Waals surface area contributed by atoms with Gasteiger partial charge >= 0.3 is 0 Å². The van der Waals surface area contributed by atoms with Crippen LogP contribution in [0.3, 0.4) is 0 Å². The van der Waals surface area contributed by atoms with Crippen LogP contribution in [0.2, 0.25) is 5.02 Å². The molecule has 2 aliphatic rings. The number of benzene rings is 1. The number of carbonyl (C=O) groups is 1. The molecule has 1 atom stereocenters. The number of H-pyrrole nitrogens is 1. The number of nitrogens with one attached hydrogen (secondary N) is 1. The van der Waals surface area contributed by atoms with Crippen LogP contribution >= 0.6 is 11.6 Å². The molecule has 1 fully saturated rings. The molecule has 1 aliphatic carbocycles. The standard InChI is InChI=1S/C23H25ClN6O/c1-29(2)23-25-13-17(14-8-10-15(24)11-9-14)20(26-23)19-7-4-12-30(19)22(31)21-16-5-3-6-18(16)27-28-21/h8-11,13,19H,3-7,12H2,1-2H3,(H,27,28). The van der Waals surface area contributed by atoms with Crippen LogP contribution in [0.15, 0.2) is 30.5 Å². The van der Waals surface area contributed by atoms with Crippen LogP contribution in [0.4, 0.5) is 5.95 Å². The minimum absolute atomic E-state index is 0.00558. The van der Waals surface area contributed by atoms with Crippen molar-refractivity contribution in [2.45, 2.75) is 38.1 Å². The number of rotatable bonds is 4. The Morgan fingerprint density at radius 3 is 2.77 bits per heavy atom. The lowest BCUT2D eigenvalue weighted by Gasteiger charge is -2.26. The van der Waals surface area contributed by atoms with E-state index in [0.717, 1.165) is 60.2 Å². The van der Waals surface area contributed by atoms with E-state index in [4.69, 9.17) is 16.6 Å². The molecular weight excluding hydrogens is 412 g/mol. The molecule has 0 radical (unpaired) electrons. The van der Waals surface area contributed by atoms with Crippen LogP contribution in [0.5, 0.6) is 0 Å². The van der Waals surface area contributed by atoms with Crippen LogP contribution in [0.1, 0.15) is 52.7 Å². The molecule has 8 heteroatoms. The summed E-state index contributed by atoms with van der Waals surface area (Å²) in [4.78, 5) is 26.8. The fourth-order valence-electron chi connectivity index (χ4n) is 4.63.